The van der Waals surface area contributed by atoms with Crippen molar-refractivity contribution in [2.45, 2.75) is 30.4 Å². The summed E-state index contributed by atoms with van der Waals surface area (Å²) in [4.78, 5) is 9.35. The molecule has 2 saturated heterocycles. The molecule has 2 N–H and O–H groups in total. The summed E-state index contributed by atoms with van der Waals surface area (Å²) < 4.78 is 0. The largest absolute Gasteiger partial charge is 0.390 e. The number of aliphatic hydroxyl groups excluding tert-OH is 1. The van der Waals surface area contributed by atoms with Gasteiger partial charge in [-0.1, -0.05) is 30.3 Å². The van der Waals surface area contributed by atoms with E-state index < -0.39 is 0 Å². The van der Waals surface area contributed by atoms with E-state index in [4.69, 9.17) is 0 Å². The molecule has 2 aromatic rings. The first-order valence-electron chi connectivity index (χ1n) is 10.2. The summed E-state index contributed by atoms with van der Waals surface area (Å²) in [5.74, 6) is 1.05. The zero-order valence-electron chi connectivity index (χ0n) is 15.7. The van der Waals surface area contributed by atoms with E-state index in [1.807, 2.05) is 18.3 Å². The summed E-state index contributed by atoms with van der Waals surface area (Å²) in [7, 11) is 0. The van der Waals surface area contributed by atoms with Crippen LogP contribution < -0.4 is 10.2 Å². The Bertz CT molecular complexity index is 782. The standard InChI is InChI=1S/C22H28N4O/c27-21-20(26-15-13-25(14-16-26)19-7-3-4-10-24-19)17-5-1-2-6-18(17)22(21)8-11-23-12-9-22/h1-7,10,20-21,23,27H,8-9,11-16H2/t20-,21+/m1/s1. The van der Waals surface area contributed by atoms with Crippen LogP contribution in [0.25, 0.3) is 0 Å². The molecule has 0 bridgehead atoms. The molecule has 5 nitrogen and oxygen atoms in total. The average Bonchev–Trinajstić information content (AvgIpc) is 2.98. The molecule has 1 spiro atoms. The van der Waals surface area contributed by atoms with Crippen LogP contribution in [-0.2, 0) is 5.41 Å². The van der Waals surface area contributed by atoms with Crippen molar-refractivity contribution in [1.82, 2.24) is 15.2 Å². The van der Waals surface area contributed by atoms with E-state index >= 15 is 0 Å². The van der Waals surface area contributed by atoms with E-state index in [1.165, 1.54) is 11.1 Å². The van der Waals surface area contributed by atoms with E-state index in [1.54, 1.807) is 0 Å². The molecule has 1 aliphatic carbocycles. The number of pyridine rings is 1. The van der Waals surface area contributed by atoms with Crippen LogP contribution in [0.3, 0.4) is 0 Å². The van der Waals surface area contributed by atoms with Gasteiger partial charge in [0.2, 0.25) is 0 Å². The molecule has 2 fully saturated rings. The smallest absolute Gasteiger partial charge is 0.128 e. The van der Waals surface area contributed by atoms with Gasteiger partial charge >= 0.3 is 0 Å². The van der Waals surface area contributed by atoms with Crippen molar-refractivity contribution >= 4 is 5.82 Å². The van der Waals surface area contributed by atoms with E-state index in [0.717, 1.165) is 57.9 Å². The Balaban J connectivity index is 1.39. The first kappa shape index (κ1) is 17.2. The van der Waals surface area contributed by atoms with Crippen molar-refractivity contribution in [1.29, 1.82) is 0 Å². The van der Waals surface area contributed by atoms with Gasteiger partial charge in [0.25, 0.3) is 0 Å². The van der Waals surface area contributed by atoms with Crippen molar-refractivity contribution in [3.8, 4) is 0 Å². The second-order valence-corrected chi connectivity index (χ2v) is 8.09. The van der Waals surface area contributed by atoms with Crippen LogP contribution in [0, 0.1) is 0 Å². The SMILES string of the molecule is O[C@H]1[C@H](N2CCN(c3ccccn3)CC2)c2ccccc2C12CCNCC2. The number of anilines is 1. The Morgan fingerprint density at radius 3 is 2.44 bits per heavy atom. The third kappa shape index (κ3) is 2.76. The van der Waals surface area contributed by atoms with Gasteiger partial charge in [-0.2, -0.15) is 0 Å². The second kappa shape index (κ2) is 6.89. The quantitative estimate of drug-likeness (QED) is 0.853. The van der Waals surface area contributed by atoms with Gasteiger partial charge in [0.05, 0.1) is 12.1 Å². The van der Waals surface area contributed by atoms with Crippen LogP contribution in [0.15, 0.2) is 48.7 Å². The van der Waals surface area contributed by atoms with Crippen molar-refractivity contribution < 1.29 is 5.11 Å². The molecular formula is C22H28N4O. The van der Waals surface area contributed by atoms with Crippen LogP contribution in [0.1, 0.15) is 30.0 Å². The van der Waals surface area contributed by atoms with Gasteiger partial charge in [-0.25, -0.2) is 4.98 Å². The van der Waals surface area contributed by atoms with Crippen molar-refractivity contribution in [3.05, 3.63) is 59.8 Å². The predicted octanol–water partition coefficient (Wildman–Crippen LogP) is 1.94. The van der Waals surface area contributed by atoms with Crippen LogP contribution in [0.4, 0.5) is 5.82 Å². The van der Waals surface area contributed by atoms with Crippen molar-refractivity contribution in [2.75, 3.05) is 44.2 Å². The maximum atomic E-state index is 11.5. The Kier molecular flexibility index (Phi) is 4.38. The molecule has 0 amide bonds. The van der Waals surface area contributed by atoms with Gasteiger partial charge in [-0.05, 0) is 49.2 Å². The number of rotatable bonds is 2. The molecule has 5 heteroatoms. The van der Waals surface area contributed by atoms with Crippen LogP contribution in [0.5, 0.6) is 0 Å². The third-order valence-corrected chi connectivity index (χ3v) is 6.86. The lowest BCUT2D eigenvalue weighted by molar-refractivity contribution is -0.00363. The number of hydrogen-bond acceptors (Lipinski definition) is 5. The maximum absolute atomic E-state index is 11.5. The Morgan fingerprint density at radius 2 is 1.70 bits per heavy atom. The number of benzene rings is 1. The summed E-state index contributed by atoms with van der Waals surface area (Å²) in [5.41, 5.74) is 2.65. The molecule has 2 atom stereocenters. The fourth-order valence-corrected chi connectivity index (χ4v) is 5.44. The highest BCUT2D eigenvalue weighted by atomic mass is 16.3. The number of nitrogens with zero attached hydrogens (tertiary/aromatic N) is 3. The summed E-state index contributed by atoms with van der Waals surface area (Å²) in [5, 5.41) is 15.0. The molecule has 1 aromatic carbocycles. The number of aliphatic hydroxyl groups is 1. The Labute approximate surface area is 161 Å². The second-order valence-electron chi connectivity index (χ2n) is 8.09. The Morgan fingerprint density at radius 1 is 0.963 bits per heavy atom. The van der Waals surface area contributed by atoms with E-state index in [0.29, 0.717) is 0 Å². The topological polar surface area (TPSA) is 51.6 Å². The molecule has 2 aliphatic heterocycles. The molecule has 0 radical (unpaired) electrons. The Hall–Kier alpha value is -1.95. The van der Waals surface area contributed by atoms with Gasteiger partial charge < -0.3 is 15.3 Å². The lowest BCUT2D eigenvalue weighted by Crippen LogP contribution is -2.53. The number of nitrogens with one attached hydrogen (secondary N) is 1. The van der Waals surface area contributed by atoms with Gasteiger partial charge in [-0.3, -0.25) is 4.90 Å². The number of fused-ring (bicyclic) bond motifs is 2. The minimum absolute atomic E-state index is 0.0787. The first-order valence-corrected chi connectivity index (χ1v) is 10.2. The highest BCUT2D eigenvalue weighted by molar-refractivity contribution is 5.46. The lowest BCUT2D eigenvalue weighted by atomic mass is 9.72. The number of piperazine rings is 1. The molecular weight excluding hydrogens is 336 g/mol. The summed E-state index contributed by atoms with van der Waals surface area (Å²) >= 11 is 0. The van der Waals surface area contributed by atoms with E-state index in [2.05, 4.69) is 50.4 Å². The third-order valence-electron chi connectivity index (χ3n) is 6.86. The highest BCUT2D eigenvalue weighted by Crippen LogP contribution is 2.52. The number of aromatic nitrogens is 1. The average molecular weight is 364 g/mol. The fourth-order valence-electron chi connectivity index (χ4n) is 5.44. The summed E-state index contributed by atoms with van der Waals surface area (Å²) in [6, 6.07) is 15.0. The minimum Gasteiger partial charge on any atom is -0.390 e. The normalized spacial score (nSPS) is 27.7. The number of hydrogen-bond donors (Lipinski definition) is 2. The van der Waals surface area contributed by atoms with Gasteiger partial charge in [0.15, 0.2) is 0 Å². The summed E-state index contributed by atoms with van der Waals surface area (Å²) in [6.45, 7) is 5.81. The molecule has 3 aliphatic rings. The van der Waals surface area contributed by atoms with Gasteiger partial charge in [0, 0.05) is 37.8 Å². The van der Waals surface area contributed by atoms with E-state index in [9.17, 15) is 5.11 Å². The van der Waals surface area contributed by atoms with Gasteiger partial charge in [-0.15, -0.1) is 0 Å². The van der Waals surface area contributed by atoms with Crippen molar-refractivity contribution in [2.24, 2.45) is 0 Å². The zero-order valence-corrected chi connectivity index (χ0v) is 15.7. The first-order chi connectivity index (χ1) is 13.3. The molecule has 0 saturated carbocycles. The molecule has 3 heterocycles. The van der Waals surface area contributed by atoms with Gasteiger partial charge in [0.1, 0.15) is 5.82 Å². The molecule has 0 unspecified atom stereocenters. The maximum Gasteiger partial charge on any atom is 0.128 e. The van der Waals surface area contributed by atoms with Crippen molar-refractivity contribution in [3.63, 3.8) is 0 Å². The molecule has 142 valence electrons. The molecule has 5 rings (SSSR count). The van der Waals surface area contributed by atoms with Crippen LogP contribution in [-0.4, -0.2) is 60.4 Å². The van der Waals surface area contributed by atoms with Crippen LogP contribution in [0.2, 0.25) is 0 Å². The predicted molar refractivity (Wildman–Crippen MR) is 107 cm³/mol. The fraction of sp³-hybridized carbons (Fsp3) is 0.500. The summed E-state index contributed by atoms with van der Waals surface area (Å²) in [6.07, 6.45) is 3.59. The monoisotopic (exact) mass is 364 g/mol. The highest BCUT2D eigenvalue weighted by Gasteiger charge is 2.53. The van der Waals surface area contributed by atoms with E-state index in [-0.39, 0.29) is 17.6 Å². The molecule has 27 heavy (non-hydrogen) atoms. The lowest BCUT2D eigenvalue weighted by Gasteiger charge is -2.43. The number of piperidine rings is 1. The molecule has 1 aromatic heterocycles. The zero-order chi connectivity index (χ0) is 18.3. The van der Waals surface area contributed by atoms with Crippen LogP contribution >= 0.6 is 0 Å². The minimum atomic E-state index is -0.321.